The van der Waals surface area contributed by atoms with E-state index in [1.165, 1.54) is 4.90 Å². The summed E-state index contributed by atoms with van der Waals surface area (Å²) < 4.78 is 60.3. The van der Waals surface area contributed by atoms with Gasteiger partial charge in [0.05, 0.1) is 16.0 Å². The van der Waals surface area contributed by atoms with Gasteiger partial charge in [-0.3, -0.25) is 0 Å². The lowest BCUT2D eigenvalue weighted by Gasteiger charge is -2.27. The summed E-state index contributed by atoms with van der Waals surface area (Å²) in [5, 5.41) is 0. The van der Waals surface area contributed by atoms with Crippen molar-refractivity contribution in [2.45, 2.75) is 6.18 Å². The highest BCUT2D eigenvalue weighted by Crippen LogP contribution is 2.33. The molecule has 106 valence electrons. The largest absolute Gasteiger partial charge is 0.434 e. The molecule has 0 saturated carbocycles. The van der Waals surface area contributed by atoms with Gasteiger partial charge in [0.15, 0.2) is 15.5 Å². The predicted molar refractivity (Wildman–Crippen MR) is 65.6 cm³/mol. The van der Waals surface area contributed by atoms with Gasteiger partial charge in [0.2, 0.25) is 5.95 Å². The van der Waals surface area contributed by atoms with Crippen LogP contribution in [0.5, 0.6) is 0 Å². The van der Waals surface area contributed by atoms with Crippen molar-refractivity contribution in [2.24, 2.45) is 0 Å². The van der Waals surface area contributed by atoms with Crippen LogP contribution in [-0.4, -0.2) is 43.0 Å². The summed E-state index contributed by atoms with van der Waals surface area (Å²) in [7, 11) is -3.10. The first kappa shape index (κ1) is 14.5. The second-order valence-corrected chi connectivity index (χ2v) is 7.16. The minimum absolute atomic E-state index is 0.0985. The standard InChI is InChI=1S/C9H9BrF3N3O2S/c10-6-5-14-8(15-7(6)9(11,12)13)16-1-3-19(17,18)4-2-16/h5H,1-4H2. The van der Waals surface area contributed by atoms with Gasteiger partial charge in [-0.25, -0.2) is 18.4 Å². The van der Waals surface area contributed by atoms with Crippen molar-refractivity contribution < 1.29 is 21.6 Å². The van der Waals surface area contributed by atoms with Crippen LogP contribution >= 0.6 is 15.9 Å². The lowest BCUT2D eigenvalue weighted by molar-refractivity contribution is -0.141. The molecule has 0 N–H and O–H groups in total. The Hall–Kier alpha value is -0.900. The summed E-state index contributed by atoms with van der Waals surface area (Å²) in [5.74, 6) is -0.313. The van der Waals surface area contributed by atoms with E-state index in [-0.39, 0.29) is 35.0 Å². The van der Waals surface area contributed by atoms with E-state index in [1.807, 2.05) is 0 Å². The van der Waals surface area contributed by atoms with Gasteiger partial charge in [0, 0.05) is 19.3 Å². The molecule has 0 spiro atoms. The average Bonchev–Trinajstić information content (AvgIpc) is 2.28. The van der Waals surface area contributed by atoms with Crippen molar-refractivity contribution in [1.82, 2.24) is 9.97 Å². The average molecular weight is 360 g/mol. The van der Waals surface area contributed by atoms with Crippen LogP contribution in [0.25, 0.3) is 0 Å². The first-order chi connectivity index (χ1) is 8.69. The third kappa shape index (κ3) is 3.35. The van der Waals surface area contributed by atoms with E-state index < -0.39 is 21.7 Å². The van der Waals surface area contributed by atoms with Crippen LogP contribution in [-0.2, 0) is 16.0 Å². The molecule has 0 unspecified atom stereocenters. The highest BCUT2D eigenvalue weighted by molar-refractivity contribution is 9.10. The molecule has 0 aliphatic carbocycles. The van der Waals surface area contributed by atoms with Crippen molar-refractivity contribution >= 4 is 31.7 Å². The summed E-state index contributed by atoms with van der Waals surface area (Å²) >= 11 is 2.75. The van der Waals surface area contributed by atoms with Crippen LogP contribution in [0.2, 0.25) is 0 Å². The molecule has 10 heteroatoms. The molecule has 2 rings (SSSR count). The molecular weight excluding hydrogens is 351 g/mol. The number of anilines is 1. The molecule has 1 aromatic heterocycles. The normalized spacial score (nSPS) is 19.5. The topological polar surface area (TPSA) is 63.2 Å². The Morgan fingerprint density at radius 1 is 1.26 bits per heavy atom. The molecule has 1 aromatic rings. The van der Waals surface area contributed by atoms with Gasteiger partial charge in [0.1, 0.15) is 0 Å². The van der Waals surface area contributed by atoms with Gasteiger partial charge in [-0.15, -0.1) is 0 Å². The molecule has 19 heavy (non-hydrogen) atoms. The second-order valence-electron chi connectivity index (χ2n) is 4.00. The van der Waals surface area contributed by atoms with Crippen LogP contribution in [0.4, 0.5) is 19.1 Å². The fourth-order valence-corrected chi connectivity index (χ4v) is 3.24. The first-order valence-electron chi connectivity index (χ1n) is 5.24. The molecule has 0 radical (unpaired) electrons. The monoisotopic (exact) mass is 359 g/mol. The van der Waals surface area contributed by atoms with E-state index >= 15 is 0 Å². The van der Waals surface area contributed by atoms with E-state index in [0.29, 0.717) is 0 Å². The molecule has 0 atom stereocenters. The number of alkyl halides is 3. The highest BCUT2D eigenvalue weighted by Gasteiger charge is 2.36. The quantitative estimate of drug-likeness (QED) is 0.760. The number of halogens is 4. The summed E-state index contributed by atoms with van der Waals surface area (Å²) in [6.07, 6.45) is -3.56. The zero-order chi connectivity index (χ0) is 14.3. The van der Waals surface area contributed by atoms with Crippen molar-refractivity contribution in [3.63, 3.8) is 0 Å². The molecule has 2 heterocycles. The second kappa shape index (κ2) is 4.89. The number of sulfone groups is 1. The number of hydrogen-bond donors (Lipinski definition) is 0. The van der Waals surface area contributed by atoms with Gasteiger partial charge < -0.3 is 4.90 Å². The van der Waals surface area contributed by atoms with Crippen molar-refractivity contribution in [1.29, 1.82) is 0 Å². The fraction of sp³-hybridized carbons (Fsp3) is 0.556. The van der Waals surface area contributed by atoms with E-state index in [2.05, 4.69) is 25.9 Å². The molecule has 1 fully saturated rings. The Kier molecular flexibility index (Phi) is 3.74. The maximum absolute atomic E-state index is 12.7. The minimum Gasteiger partial charge on any atom is -0.339 e. The Balaban J connectivity index is 2.27. The molecule has 1 aliphatic rings. The number of hydrogen-bond acceptors (Lipinski definition) is 5. The van der Waals surface area contributed by atoms with E-state index in [1.54, 1.807) is 0 Å². The fourth-order valence-electron chi connectivity index (χ4n) is 1.62. The van der Waals surface area contributed by atoms with E-state index in [4.69, 9.17) is 0 Å². The summed E-state index contributed by atoms with van der Waals surface area (Å²) in [6.45, 7) is 0.197. The van der Waals surface area contributed by atoms with Gasteiger partial charge in [-0.2, -0.15) is 13.2 Å². The molecule has 1 saturated heterocycles. The molecule has 0 bridgehead atoms. The van der Waals surface area contributed by atoms with Gasteiger partial charge in [0.25, 0.3) is 0 Å². The zero-order valence-electron chi connectivity index (χ0n) is 9.48. The zero-order valence-corrected chi connectivity index (χ0v) is 11.9. The summed E-state index contributed by atoms with van der Waals surface area (Å²) in [5.41, 5.74) is -1.06. The third-order valence-corrected chi connectivity index (χ3v) is 4.82. The summed E-state index contributed by atoms with van der Waals surface area (Å²) in [4.78, 5) is 8.69. The van der Waals surface area contributed by atoms with Crippen LogP contribution in [0.1, 0.15) is 5.69 Å². The molecule has 0 aromatic carbocycles. The van der Waals surface area contributed by atoms with Crippen LogP contribution in [0.3, 0.4) is 0 Å². The van der Waals surface area contributed by atoms with Crippen molar-refractivity contribution in [2.75, 3.05) is 29.5 Å². The lowest BCUT2D eigenvalue weighted by Crippen LogP contribution is -2.41. The van der Waals surface area contributed by atoms with Crippen LogP contribution in [0, 0.1) is 0 Å². The van der Waals surface area contributed by atoms with Gasteiger partial charge >= 0.3 is 6.18 Å². The Labute approximate surface area is 115 Å². The molecule has 1 aliphatic heterocycles. The lowest BCUT2D eigenvalue weighted by atomic mass is 10.4. The first-order valence-corrected chi connectivity index (χ1v) is 7.85. The number of nitrogens with zero attached hydrogens (tertiary/aromatic N) is 3. The minimum atomic E-state index is -4.58. The SMILES string of the molecule is O=S1(=O)CCN(c2ncc(Br)c(C(F)(F)F)n2)CC1. The maximum atomic E-state index is 12.7. The van der Waals surface area contributed by atoms with E-state index in [0.717, 1.165) is 6.20 Å². The Bertz CT molecular complexity index is 577. The number of rotatable bonds is 1. The van der Waals surface area contributed by atoms with Crippen molar-refractivity contribution in [3.8, 4) is 0 Å². The van der Waals surface area contributed by atoms with Gasteiger partial charge in [-0.05, 0) is 15.9 Å². The molecule has 5 nitrogen and oxygen atoms in total. The van der Waals surface area contributed by atoms with Crippen LogP contribution < -0.4 is 4.90 Å². The Morgan fingerprint density at radius 2 is 1.84 bits per heavy atom. The van der Waals surface area contributed by atoms with Crippen LogP contribution in [0.15, 0.2) is 10.7 Å². The van der Waals surface area contributed by atoms with Gasteiger partial charge in [-0.1, -0.05) is 0 Å². The highest BCUT2D eigenvalue weighted by atomic mass is 79.9. The third-order valence-electron chi connectivity index (χ3n) is 2.63. The van der Waals surface area contributed by atoms with Crippen molar-refractivity contribution in [3.05, 3.63) is 16.4 Å². The smallest absolute Gasteiger partial charge is 0.339 e. The summed E-state index contributed by atoms with van der Waals surface area (Å²) in [6, 6.07) is 0. The molecular formula is C9H9BrF3N3O2S. The van der Waals surface area contributed by atoms with E-state index in [9.17, 15) is 21.6 Å². The number of aromatic nitrogens is 2. The Morgan fingerprint density at radius 3 is 2.37 bits per heavy atom. The maximum Gasteiger partial charge on any atom is 0.434 e. The molecule has 0 amide bonds. The predicted octanol–water partition coefficient (Wildman–Crippen LogP) is 1.49.